The van der Waals surface area contributed by atoms with Crippen molar-refractivity contribution in [2.24, 2.45) is 5.73 Å². The first kappa shape index (κ1) is 16.5. The number of hydrogen-bond donors (Lipinski definition) is 4. The fraction of sp³-hybridized carbons (Fsp3) is 0.357. The van der Waals surface area contributed by atoms with E-state index in [1.165, 1.54) is 0 Å². The van der Waals surface area contributed by atoms with E-state index in [4.69, 9.17) is 10.8 Å². The second-order valence-corrected chi connectivity index (χ2v) is 4.77. The highest BCUT2D eigenvalue weighted by atomic mass is 16.4. The highest BCUT2D eigenvalue weighted by molar-refractivity contribution is 5.87. The Morgan fingerprint density at radius 3 is 2.33 bits per heavy atom. The Morgan fingerprint density at radius 1 is 1.19 bits per heavy atom. The monoisotopic (exact) mass is 293 g/mol. The van der Waals surface area contributed by atoms with Gasteiger partial charge in [0, 0.05) is 6.04 Å². The fourth-order valence-electron chi connectivity index (χ4n) is 1.84. The van der Waals surface area contributed by atoms with Crippen LogP contribution >= 0.6 is 0 Å². The molecule has 0 aromatic heterocycles. The van der Waals surface area contributed by atoms with Crippen LogP contribution in [0.1, 0.15) is 18.9 Å². The van der Waals surface area contributed by atoms with Crippen molar-refractivity contribution in [2.45, 2.75) is 31.8 Å². The molecule has 0 saturated heterocycles. The predicted molar refractivity (Wildman–Crippen MR) is 76.5 cm³/mol. The molecule has 7 nitrogen and oxygen atoms in total. The van der Waals surface area contributed by atoms with Crippen LogP contribution in [0.5, 0.6) is 0 Å². The quantitative estimate of drug-likeness (QED) is 0.575. The van der Waals surface area contributed by atoms with Crippen molar-refractivity contribution in [1.82, 2.24) is 10.6 Å². The van der Waals surface area contributed by atoms with Crippen molar-refractivity contribution >= 4 is 17.9 Å². The van der Waals surface area contributed by atoms with E-state index in [1.54, 1.807) is 6.92 Å². The van der Waals surface area contributed by atoms with E-state index in [0.717, 1.165) is 5.56 Å². The SMILES string of the molecule is CC(Cc1ccccc1)NC(=O)N[C@H](CC(N)=O)C(=O)O. The molecule has 1 aromatic carbocycles. The molecule has 0 aliphatic rings. The summed E-state index contributed by atoms with van der Waals surface area (Å²) in [4.78, 5) is 33.3. The number of nitrogens with two attached hydrogens (primary N) is 1. The Balaban J connectivity index is 2.48. The molecular weight excluding hydrogens is 274 g/mol. The van der Waals surface area contributed by atoms with Gasteiger partial charge in [-0.05, 0) is 18.9 Å². The van der Waals surface area contributed by atoms with Crippen molar-refractivity contribution < 1.29 is 19.5 Å². The molecule has 0 aliphatic heterocycles. The minimum absolute atomic E-state index is 0.185. The first-order chi connectivity index (χ1) is 9.88. The predicted octanol–water partition coefficient (Wildman–Crippen LogP) is 0.245. The molecule has 1 aromatic rings. The number of aliphatic carboxylic acids is 1. The molecule has 5 N–H and O–H groups in total. The minimum atomic E-state index is -1.33. The van der Waals surface area contributed by atoms with E-state index in [1.807, 2.05) is 30.3 Å². The molecule has 3 amide bonds. The summed E-state index contributed by atoms with van der Waals surface area (Å²) >= 11 is 0. The summed E-state index contributed by atoms with van der Waals surface area (Å²) in [5.74, 6) is -2.10. The van der Waals surface area contributed by atoms with Crippen LogP contribution in [0.25, 0.3) is 0 Å². The van der Waals surface area contributed by atoms with Crippen molar-refractivity contribution in [1.29, 1.82) is 0 Å². The van der Waals surface area contributed by atoms with Gasteiger partial charge in [-0.25, -0.2) is 9.59 Å². The summed E-state index contributed by atoms with van der Waals surface area (Å²) in [5.41, 5.74) is 5.99. The molecule has 0 heterocycles. The molecule has 21 heavy (non-hydrogen) atoms. The molecule has 1 unspecified atom stereocenters. The third kappa shape index (κ3) is 6.42. The van der Waals surface area contributed by atoms with E-state index in [0.29, 0.717) is 6.42 Å². The molecule has 0 fully saturated rings. The lowest BCUT2D eigenvalue weighted by Crippen LogP contribution is -2.50. The maximum atomic E-state index is 11.7. The van der Waals surface area contributed by atoms with Crippen LogP contribution in [-0.2, 0) is 16.0 Å². The van der Waals surface area contributed by atoms with E-state index in [2.05, 4.69) is 10.6 Å². The van der Waals surface area contributed by atoms with Crippen LogP contribution < -0.4 is 16.4 Å². The van der Waals surface area contributed by atoms with Gasteiger partial charge in [0.15, 0.2) is 0 Å². The maximum Gasteiger partial charge on any atom is 0.326 e. The largest absolute Gasteiger partial charge is 0.480 e. The number of benzene rings is 1. The second kappa shape index (κ2) is 7.88. The number of carbonyl (C=O) groups excluding carboxylic acids is 2. The van der Waals surface area contributed by atoms with Gasteiger partial charge in [-0.15, -0.1) is 0 Å². The van der Waals surface area contributed by atoms with Gasteiger partial charge >= 0.3 is 12.0 Å². The average Bonchev–Trinajstić information content (AvgIpc) is 2.38. The normalized spacial score (nSPS) is 13.0. The Bertz CT molecular complexity index is 504. The van der Waals surface area contributed by atoms with E-state index in [-0.39, 0.29) is 6.04 Å². The van der Waals surface area contributed by atoms with Crippen molar-refractivity contribution in [3.63, 3.8) is 0 Å². The molecule has 1 rings (SSSR count). The molecule has 0 spiro atoms. The highest BCUT2D eigenvalue weighted by Gasteiger charge is 2.22. The van der Waals surface area contributed by atoms with Crippen LogP contribution in [0.2, 0.25) is 0 Å². The first-order valence-electron chi connectivity index (χ1n) is 6.50. The van der Waals surface area contributed by atoms with E-state index < -0.39 is 30.4 Å². The molecule has 114 valence electrons. The zero-order valence-electron chi connectivity index (χ0n) is 11.7. The number of hydrogen-bond acceptors (Lipinski definition) is 3. The molecule has 0 bridgehead atoms. The van der Waals surface area contributed by atoms with Gasteiger partial charge in [-0.2, -0.15) is 0 Å². The Labute approximate surface area is 122 Å². The van der Waals surface area contributed by atoms with E-state index in [9.17, 15) is 14.4 Å². The number of carboxylic acids is 1. The fourth-order valence-corrected chi connectivity index (χ4v) is 1.84. The number of rotatable bonds is 7. The zero-order valence-corrected chi connectivity index (χ0v) is 11.7. The lowest BCUT2D eigenvalue weighted by Gasteiger charge is -2.17. The van der Waals surface area contributed by atoms with Crippen LogP contribution in [0, 0.1) is 0 Å². The average molecular weight is 293 g/mol. The summed E-state index contributed by atoms with van der Waals surface area (Å²) in [6.45, 7) is 1.80. The summed E-state index contributed by atoms with van der Waals surface area (Å²) in [5, 5.41) is 13.7. The van der Waals surface area contributed by atoms with Crippen LogP contribution in [0.15, 0.2) is 30.3 Å². The number of carbonyl (C=O) groups is 3. The van der Waals surface area contributed by atoms with Crippen LogP contribution in [0.4, 0.5) is 4.79 Å². The van der Waals surface area contributed by atoms with E-state index >= 15 is 0 Å². The summed E-state index contributed by atoms with van der Waals surface area (Å²) in [7, 11) is 0. The Kier molecular flexibility index (Phi) is 6.19. The number of nitrogens with one attached hydrogen (secondary N) is 2. The highest BCUT2D eigenvalue weighted by Crippen LogP contribution is 2.02. The second-order valence-electron chi connectivity index (χ2n) is 4.77. The zero-order chi connectivity index (χ0) is 15.8. The smallest absolute Gasteiger partial charge is 0.326 e. The third-order valence-corrected chi connectivity index (χ3v) is 2.77. The number of carboxylic acid groups (broad SMARTS) is 1. The summed E-state index contributed by atoms with van der Waals surface area (Å²) in [6.07, 6.45) is 0.164. The molecule has 0 aliphatic carbocycles. The number of primary amides is 1. The number of urea groups is 1. The van der Waals surface area contributed by atoms with Gasteiger partial charge in [0.05, 0.1) is 6.42 Å². The lowest BCUT2D eigenvalue weighted by molar-refractivity contribution is -0.140. The van der Waals surface area contributed by atoms with Crippen molar-refractivity contribution in [3.8, 4) is 0 Å². The summed E-state index contributed by atoms with van der Waals surface area (Å²) < 4.78 is 0. The maximum absolute atomic E-state index is 11.7. The first-order valence-corrected chi connectivity index (χ1v) is 6.50. The topological polar surface area (TPSA) is 122 Å². The molecular formula is C14H19N3O4. The molecule has 0 radical (unpaired) electrons. The molecule has 7 heteroatoms. The lowest BCUT2D eigenvalue weighted by atomic mass is 10.1. The van der Waals surface area contributed by atoms with Crippen LogP contribution in [-0.4, -0.2) is 35.1 Å². The molecule has 0 saturated carbocycles. The van der Waals surface area contributed by atoms with Crippen molar-refractivity contribution in [2.75, 3.05) is 0 Å². The van der Waals surface area contributed by atoms with Gasteiger partial charge in [0.1, 0.15) is 6.04 Å². The summed E-state index contributed by atoms with van der Waals surface area (Å²) in [6, 6.07) is 7.40. The van der Waals surface area contributed by atoms with Crippen LogP contribution in [0.3, 0.4) is 0 Å². The minimum Gasteiger partial charge on any atom is -0.480 e. The Morgan fingerprint density at radius 2 is 1.81 bits per heavy atom. The van der Waals surface area contributed by atoms with Gasteiger partial charge in [-0.1, -0.05) is 30.3 Å². The van der Waals surface area contributed by atoms with Gasteiger partial charge in [0.25, 0.3) is 0 Å². The van der Waals surface area contributed by atoms with Gasteiger partial charge in [-0.3, -0.25) is 4.79 Å². The third-order valence-electron chi connectivity index (χ3n) is 2.77. The molecule has 2 atom stereocenters. The Hall–Kier alpha value is -2.57. The number of amides is 3. The van der Waals surface area contributed by atoms with Gasteiger partial charge in [0.2, 0.25) is 5.91 Å². The van der Waals surface area contributed by atoms with Crippen molar-refractivity contribution in [3.05, 3.63) is 35.9 Å². The van der Waals surface area contributed by atoms with Gasteiger partial charge < -0.3 is 21.5 Å². The standard InChI is InChI=1S/C14H19N3O4/c1-9(7-10-5-3-2-4-6-10)16-14(21)17-11(13(19)20)8-12(15)18/h2-6,9,11H,7-8H2,1H3,(H2,15,18)(H,19,20)(H2,16,17,21)/t9?,11-/m1/s1.